The van der Waals surface area contributed by atoms with Gasteiger partial charge in [0.25, 0.3) is 0 Å². The van der Waals surface area contributed by atoms with Crippen molar-refractivity contribution in [2.45, 2.75) is 0 Å². The predicted octanol–water partition coefficient (Wildman–Crippen LogP) is 0.153. The van der Waals surface area contributed by atoms with Crippen LogP contribution >= 0.6 is 0 Å². The van der Waals surface area contributed by atoms with Gasteiger partial charge in [0.15, 0.2) is 11.5 Å². The lowest BCUT2D eigenvalue weighted by atomic mass is 10.2. The topological polar surface area (TPSA) is 96.2 Å². The first kappa shape index (κ1) is 7.99. The van der Waals surface area contributed by atoms with E-state index < -0.39 is 28.6 Å². The molecule has 0 spiro atoms. The molecular weight excluding hydrogens is 200 g/mol. The van der Waals surface area contributed by atoms with Crippen molar-refractivity contribution in [2.75, 3.05) is 0 Å². The maximum atomic E-state index is 10.7. The highest BCUT2D eigenvalue weighted by molar-refractivity contribution is 7.76. The lowest BCUT2D eigenvalue weighted by Gasteiger charge is -2.01. The summed E-state index contributed by atoms with van der Waals surface area (Å²) < 4.78 is 19.7. The van der Waals surface area contributed by atoms with Gasteiger partial charge in [-0.1, -0.05) is 0 Å². The Hall–Kier alpha value is -1.63. The summed E-state index contributed by atoms with van der Waals surface area (Å²) in [4.78, 5) is 0. The van der Waals surface area contributed by atoms with Gasteiger partial charge in [0.1, 0.15) is 0 Å². The molecule has 0 aromatic heterocycles. The quantitative estimate of drug-likeness (QED) is 0.520. The number of rotatable bonds is 0. The van der Waals surface area contributed by atoms with Crippen molar-refractivity contribution in [1.82, 2.24) is 0 Å². The third-order valence-electron chi connectivity index (χ3n) is 1.48. The molecule has 7 heteroatoms. The van der Waals surface area contributed by atoms with Gasteiger partial charge >= 0.3 is 11.4 Å². The molecule has 0 aliphatic carbocycles. The minimum atomic E-state index is -2.03. The van der Waals surface area contributed by atoms with Crippen molar-refractivity contribution in [3.63, 3.8) is 0 Å². The SMILES string of the molecule is O=S1Oc2cc(O)c(O)c(O)c2O1. The summed E-state index contributed by atoms with van der Waals surface area (Å²) in [5.41, 5.74) is 0. The van der Waals surface area contributed by atoms with Gasteiger partial charge in [-0.25, -0.2) is 0 Å². The Balaban J connectivity index is 2.66. The molecule has 3 N–H and O–H groups in total. The zero-order chi connectivity index (χ0) is 9.59. The molecule has 0 amide bonds. The first-order chi connectivity index (χ1) is 6.09. The van der Waals surface area contributed by atoms with Crippen LogP contribution in [0.5, 0.6) is 28.7 Å². The van der Waals surface area contributed by atoms with Crippen LogP contribution in [0.2, 0.25) is 0 Å². The Kier molecular flexibility index (Phi) is 1.49. The number of fused-ring (bicyclic) bond motifs is 1. The lowest BCUT2D eigenvalue weighted by Crippen LogP contribution is -1.96. The molecule has 1 unspecified atom stereocenters. The van der Waals surface area contributed by atoms with Gasteiger partial charge in [-0.3, -0.25) is 0 Å². The second kappa shape index (κ2) is 2.43. The largest absolute Gasteiger partial charge is 0.504 e. The maximum absolute atomic E-state index is 10.7. The van der Waals surface area contributed by atoms with Gasteiger partial charge in [0.2, 0.25) is 17.2 Å². The fourth-order valence-electron chi connectivity index (χ4n) is 0.904. The van der Waals surface area contributed by atoms with E-state index in [1.54, 1.807) is 0 Å². The molecule has 0 radical (unpaired) electrons. The molecule has 1 atom stereocenters. The molecular formula is C6H4O6S. The Labute approximate surface area is 74.8 Å². The fraction of sp³-hybridized carbons (Fsp3) is 0. The summed E-state index contributed by atoms with van der Waals surface area (Å²) in [5, 5.41) is 27.2. The third kappa shape index (κ3) is 1.04. The van der Waals surface area contributed by atoms with Crippen molar-refractivity contribution in [3.8, 4) is 28.7 Å². The van der Waals surface area contributed by atoms with Crippen molar-refractivity contribution in [3.05, 3.63) is 6.07 Å². The Bertz CT molecular complexity index is 401. The zero-order valence-corrected chi connectivity index (χ0v) is 6.87. The van der Waals surface area contributed by atoms with E-state index in [1.807, 2.05) is 0 Å². The molecule has 1 aromatic rings. The van der Waals surface area contributed by atoms with Crippen molar-refractivity contribution < 1.29 is 27.9 Å². The summed E-state index contributed by atoms with van der Waals surface area (Å²) in [7, 11) is 0. The van der Waals surface area contributed by atoms with Crippen LogP contribution < -0.4 is 8.37 Å². The van der Waals surface area contributed by atoms with E-state index in [-0.39, 0.29) is 11.5 Å². The summed E-state index contributed by atoms with van der Waals surface area (Å²) in [5.74, 6) is -2.32. The number of phenolic OH excluding ortho intramolecular Hbond substituents is 3. The highest BCUT2D eigenvalue weighted by atomic mass is 32.2. The number of benzene rings is 1. The summed E-state index contributed by atoms with van der Waals surface area (Å²) in [6, 6.07) is 0.995. The number of aromatic hydroxyl groups is 3. The van der Waals surface area contributed by atoms with E-state index in [2.05, 4.69) is 8.37 Å². The van der Waals surface area contributed by atoms with Crippen molar-refractivity contribution >= 4 is 11.4 Å². The number of hydrogen-bond donors (Lipinski definition) is 3. The summed E-state index contributed by atoms with van der Waals surface area (Å²) in [6.07, 6.45) is 0. The van der Waals surface area contributed by atoms with Crippen LogP contribution in [0.15, 0.2) is 6.07 Å². The van der Waals surface area contributed by atoms with Crippen LogP contribution in [0.1, 0.15) is 0 Å². The van der Waals surface area contributed by atoms with E-state index in [1.165, 1.54) is 0 Å². The molecule has 0 fully saturated rings. The van der Waals surface area contributed by atoms with E-state index >= 15 is 0 Å². The molecule has 1 aliphatic heterocycles. The third-order valence-corrected chi connectivity index (χ3v) is 2.10. The smallest absolute Gasteiger partial charge is 0.418 e. The Morgan fingerprint density at radius 3 is 2.54 bits per heavy atom. The summed E-state index contributed by atoms with van der Waals surface area (Å²) >= 11 is -2.03. The molecule has 0 saturated carbocycles. The van der Waals surface area contributed by atoms with E-state index in [9.17, 15) is 4.21 Å². The highest BCUT2D eigenvalue weighted by Gasteiger charge is 2.29. The average Bonchev–Trinajstić information content (AvgIpc) is 2.42. The first-order valence-electron chi connectivity index (χ1n) is 3.16. The van der Waals surface area contributed by atoms with E-state index in [0.29, 0.717) is 0 Å². The minimum Gasteiger partial charge on any atom is -0.504 e. The fourth-order valence-corrected chi connectivity index (χ4v) is 1.51. The maximum Gasteiger partial charge on any atom is 0.418 e. The van der Waals surface area contributed by atoms with Gasteiger partial charge < -0.3 is 23.7 Å². The monoisotopic (exact) mass is 204 g/mol. The second-order valence-corrected chi connectivity index (χ2v) is 3.03. The van der Waals surface area contributed by atoms with Crippen LogP contribution in [-0.2, 0) is 11.4 Å². The van der Waals surface area contributed by atoms with Crippen LogP contribution in [0.4, 0.5) is 0 Å². The molecule has 70 valence electrons. The molecule has 1 aromatic carbocycles. The molecule has 2 rings (SSSR count). The Morgan fingerprint density at radius 2 is 1.85 bits per heavy atom. The van der Waals surface area contributed by atoms with Gasteiger partial charge in [0, 0.05) is 6.07 Å². The molecule has 0 saturated heterocycles. The van der Waals surface area contributed by atoms with Crippen LogP contribution in [0, 0.1) is 0 Å². The molecule has 1 aliphatic rings. The predicted molar refractivity (Wildman–Crippen MR) is 40.8 cm³/mol. The average molecular weight is 204 g/mol. The standard InChI is InChI=1S/C6H4O6S/c7-2-1-3-6(5(9)4(2)8)12-13(10)11-3/h1,7-9H. The second-order valence-electron chi connectivity index (χ2n) is 2.29. The summed E-state index contributed by atoms with van der Waals surface area (Å²) in [6.45, 7) is 0. The zero-order valence-electron chi connectivity index (χ0n) is 6.05. The number of phenols is 3. The molecule has 6 nitrogen and oxygen atoms in total. The van der Waals surface area contributed by atoms with Crippen molar-refractivity contribution in [1.29, 1.82) is 0 Å². The lowest BCUT2D eigenvalue weighted by molar-refractivity contribution is 0.359. The van der Waals surface area contributed by atoms with E-state index in [4.69, 9.17) is 15.3 Å². The van der Waals surface area contributed by atoms with Crippen molar-refractivity contribution in [2.24, 2.45) is 0 Å². The molecule has 0 bridgehead atoms. The van der Waals surface area contributed by atoms with Crippen LogP contribution in [0.25, 0.3) is 0 Å². The van der Waals surface area contributed by atoms with Gasteiger partial charge in [-0.05, 0) is 0 Å². The van der Waals surface area contributed by atoms with Crippen LogP contribution in [0.3, 0.4) is 0 Å². The Morgan fingerprint density at radius 1 is 1.15 bits per heavy atom. The van der Waals surface area contributed by atoms with Gasteiger partial charge in [-0.2, -0.15) is 4.21 Å². The first-order valence-corrected chi connectivity index (χ1v) is 4.16. The van der Waals surface area contributed by atoms with Gasteiger partial charge in [0.05, 0.1) is 0 Å². The van der Waals surface area contributed by atoms with E-state index in [0.717, 1.165) is 6.07 Å². The van der Waals surface area contributed by atoms with Gasteiger partial charge in [-0.15, -0.1) is 0 Å². The number of hydrogen-bond acceptors (Lipinski definition) is 6. The minimum absolute atomic E-state index is 0.0777. The normalized spacial score (nSPS) is 18.9. The molecule has 13 heavy (non-hydrogen) atoms. The highest BCUT2D eigenvalue weighted by Crippen LogP contribution is 2.51. The van der Waals surface area contributed by atoms with Crippen LogP contribution in [-0.4, -0.2) is 19.5 Å². The molecule has 1 heterocycles.